The maximum atomic E-state index is 11.8. The van der Waals surface area contributed by atoms with Crippen molar-refractivity contribution in [2.75, 3.05) is 13.7 Å². The normalized spacial score (nSPS) is 17.4. The fourth-order valence-corrected chi connectivity index (χ4v) is 2.10. The molecule has 0 aromatic carbocycles. The number of nitrogens with one attached hydrogen (secondary N) is 1. The van der Waals surface area contributed by atoms with Gasteiger partial charge < -0.3 is 15.2 Å². The molecular weight excluding hydrogens is 234 g/mol. The van der Waals surface area contributed by atoms with E-state index in [-0.39, 0.29) is 18.1 Å². The first-order chi connectivity index (χ1) is 8.63. The van der Waals surface area contributed by atoms with Crippen LogP contribution < -0.4 is 10.1 Å². The van der Waals surface area contributed by atoms with Gasteiger partial charge in [-0.25, -0.2) is 4.98 Å². The Bertz CT molecular complexity index is 430. The Morgan fingerprint density at radius 3 is 2.89 bits per heavy atom. The first-order valence-electron chi connectivity index (χ1n) is 6.00. The average molecular weight is 251 g/mol. The summed E-state index contributed by atoms with van der Waals surface area (Å²) in [4.78, 5) is 19.7. The molecule has 1 aromatic rings. The van der Waals surface area contributed by atoms with Gasteiger partial charge in [-0.15, -0.1) is 0 Å². The number of aromatic nitrogens is 2. The van der Waals surface area contributed by atoms with E-state index in [2.05, 4.69) is 15.3 Å². The standard InChI is InChI=1S/C12H17N3O3/c1-18-10-7-13-6-9(15-10)11(16)14-8-12(17)4-2-3-5-12/h6-7,17H,2-5,8H2,1H3,(H,14,16). The maximum absolute atomic E-state index is 11.8. The summed E-state index contributed by atoms with van der Waals surface area (Å²) in [5.41, 5.74) is -0.571. The van der Waals surface area contributed by atoms with Crippen LogP contribution in [0.25, 0.3) is 0 Å². The second-order valence-electron chi connectivity index (χ2n) is 4.56. The molecule has 1 aromatic heterocycles. The van der Waals surface area contributed by atoms with Gasteiger partial charge in [-0.3, -0.25) is 9.78 Å². The monoisotopic (exact) mass is 251 g/mol. The molecule has 2 N–H and O–H groups in total. The molecule has 0 saturated heterocycles. The van der Waals surface area contributed by atoms with Crippen molar-refractivity contribution >= 4 is 5.91 Å². The van der Waals surface area contributed by atoms with Crippen LogP contribution in [0.15, 0.2) is 12.4 Å². The summed E-state index contributed by atoms with van der Waals surface area (Å²) in [6.07, 6.45) is 6.28. The number of nitrogens with zero attached hydrogens (tertiary/aromatic N) is 2. The summed E-state index contributed by atoms with van der Waals surface area (Å²) < 4.78 is 4.90. The molecule has 1 heterocycles. The van der Waals surface area contributed by atoms with Crippen molar-refractivity contribution in [1.29, 1.82) is 0 Å². The number of carbonyl (C=O) groups is 1. The highest BCUT2D eigenvalue weighted by molar-refractivity contribution is 5.92. The van der Waals surface area contributed by atoms with Gasteiger partial charge in [0.2, 0.25) is 5.88 Å². The average Bonchev–Trinajstić information content (AvgIpc) is 2.83. The van der Waals surface area contributed by atoms with Crippen LogP contribution in [0.4, 0.5) is 0 Å². The van der Waals surface area contributed by atoms with Crippen molar-refractivity contribution in [3.63, 3.8) is 0 Å². The first kappa shape index (κ1) is 12.8. The molecule has 98 valence electrons. The minimum Gasteiger partial charge on any atom is -0.480 e. The quantitative estimate of drug-likeness (QED) is 0.815. The highest BCUT2D eigenvalue weighted by Gasteiger charge is 2.31. The number of aliphatic hydroxyl groups is 1. The van der Waals surface area contributed by atoms with Crippen molar-refractivity contribution in [2.45, 2.75) is 31.3 Å². The van der Waals surface area contributed by atoms with Crippen molar-refractivity contribution < 1.29 is 14.6 Å². The van der Waals surface area contributed by atoms with E-state index in [1.165, 1.54) is 19.5 Å². The Labute approximate surface area is 105 Å². The van der Waals surface area contributed by atoms with E-state index < -0.39 is 5.60 Å². The number of hydrogen-bond acceptors (Lipinski definition) is 5. The summed E-state index contributed by atoms with van der Waals surface area (Å²) in [5, 5.41) is 12.8. The predicted octanol–water partition coefficient (Wildman–Crippen LogP) is 0.520. The van der Waals surface area contributed by atoms with E-state index in [4.69, 9.17) is 4.74 Å². The largest absolute Gasteiger partial charge is 0.480 e. The Hall–Kier alpha value is -1.69. The SMILES string of the molecule is COc1cncc(C(=O)NCC2(O)CCCC2)n1. The van der Waals surface area contributed by atoms with E-state index in [0.717, 1.165) is 25.7 Å². The fraction of sp³-hybridized carbons (Fsp3) is 0.583. The molecule has 1 amide bonds. The molecule has 6 nitrogen and oxygen atoms in total. The Balaban J connectivity index is 1.94. The van der Waals surface area contributed by atoms with Gasteiger partial charge in [0.25, 0.3) is 5.91 Å². The third-order valence-corrected chi connectivity index (χ3v) is 3.17. The van der Waals surface area contributed by atoms with Gasteiger partial charge in [0.05, 0.1) is 25.1 Å². The number of methoxy groups -OCH3 is 1. The molecule has 0 aliphatic heterocycles. The zero-order chi connectivity index (χ0) is 13.0. The van der Waals surface area contributed by atoms with E-state index in [0.29, 0.717) is 5.88 Å². The van der Waals surface area contributed by atoms with E-state index in [9.17, 15) is 9.90 Å². The van der Waals surface area contributed by atoms with Crippen LogP contribution in [0, 0.1) is 0 Å². The summed E-state index contributed by atoms with van der Waals surface area (Å²) in [5.74, 6) is -0.0519. The van der Waals surface area contributed by atoms with Crippen molar-refractivity contribution in [2.24, 2.45) is 0 Å². The number of hydrogen-bond donors (Lipinski definition) is 2. The van der Waals surface area contributed by atoms with Gasteiger partial charge in [-0.1, -0.05) is 12.8 Å². The molecule has 6 heteroatoms. The summed E-state index contributed by atoms with van der Waals surface area (Å²) in [6.45, 7) is 0.255. The van der Waals surface area contributed by atoms with E-state index in [1.807, 2.05) is 0 Å². The number of carbonyl (C=O) groups excluding carboxylic acids is 1. The van der Waals surface area contributed by atoms with E-state index >= 15 is 0 Å². The summed E-state index contributed by atoms with van der Waals surface area (Å²) in [7, 11) is 1.47. The molecule has 0 unspecified atom stereocenters. The molecule has 1 aliphatic rings. The van der Waals surface area contributed by atoms with Crippen LogP contribution in [-0.4, -0.2) is 40.2 Å². The van der Waals surface area contributed by atoms with Crippen LogP contribution in [0.5, 0.6) is 5.88 Å². The molecule has 1 fully saturated rings. The van der Waals surface area contributed by atoms with Crippen molar-refractivity contribution in [3.8, 4) is 5.88 Å². The third kappa shape index (κ3) is 2.95. The van der Waals surface area contributed by atoms with Gasteiger partial charge in [0.15, 0.2) is 0 Å². The van der Waals surface area contributed by atoms with Gasteiger partial charge in [0, 0.05) is 6.54 Å². The first-order valence-corrected chi connectivity index (χ1v) is 6.00. The van der Waals surface area contributed by atoms with E-state index in [1.54, 1.807) is 0 Å². The smallest absolute Gasteiger partial charge is 0.271 e. The lowest BCUT2D eigenvalue weighted by Crippen LogP contribution is -2.41. The van der Waals surface area contributed by atoms with Crippen LogP contribution in [0.1, 0.15) is 36.2 Å². The topological polar surface area (TPSA) is 84.3 Å². The molecule has 1 saturated carbocycles. The zero-order valence-electron chi connectivity index (χ0n) is 10.3. The van der Waals surface area contributed by atoms with Crippen molar-refractivity contribution in [3.05, 3.63) is 18.1 Å². The lowest BCUT2D eigenvalue weighted by atomic mass is 10.0. The van der Waals surface area contributed by atoms with Crippen LogP contribution in [0.3, 0.4) is 0 Å². The molecule has 1 aliphatic carbocycles. The third-order valence-electron chi connectivity index (χ3n) is 3.17. The van der Waals surface area contributed by atoms with Gasteiger partial charge in [-0.2, -0.15) is 0 Å². The number of ether oxygens (including phenoxy) is 1. The lowest BCUT2D eigenvalue weighted by Gasteiger charge is -2.22. The van der Waals surface area contributed by atoms with Crippen LogP contribution in [-0.2, 0) is 0 Å². The fourth-order valence-electron chi connectivity index (χ4n) is 2.10. The van der Waals surface area contributed by atoms with Crippen molar-refractivity contribution in [1.82, 2.24) is 15.3 Å². The minimum absolute atomic E-state index is 0.191. The highest BCUT2D eigenvalue weighted by atomic mass is 16.5. The second kappa shape index (κ2) is 5.30. The van der Waals surface area contributed by atoms with Crippen LogP contribution in [0.2, 0.25) is 0 Å². The molecule has 0 spiro atoms. The molecule has 2 rings (SSSR count). The Morgan fingerprint density at radius 2 is 2.22 bits per heavy atom. The molecule has 0 bridgehead atoms. The van der Waals surface area contributed by atoms with Gasteiger partial charge in [-0.05, 0) is 12.8 Å². The molecule has 0 radical (unpaired) electrons. The van der Waals surface area contributed by atoms with Gasteiger partial charge >= 0.3 is 0 Å². The minimum atomic E-state index is -0.762. The summed E-state index contributed by atoms with van der Waals surface area (Å²) >= 11 is 0. The summed E-state index contributed by atoms with van der Waals surface area (Å²) in [6, 6.07) is 0. The molecule has 18 heavy (non-hydrogen) atoms. The predicted molar refractivity (Wildman–Crippen MR) is 64.3 cm³/mol. The molecular formula is C12H17N3O3. The molecule has 0 atom stereocenters. The number of rotatable bonds is 4. The second-order valence-corrected chi connectivity index (χ2v) is 4.56. The zero-order valence-corrected chi connectivity index (χ0v) is 10.3. The maximum Gasteiger partial charge on any atom is 0.271 e. The number of amides is 1. The lowest BCUT2D eigenvalue weighted by molar-refractivity contribution is 0.0448. The van der Waals surface area contributed by atoms with Crippen LogP contribution >= 0.6 is 0 Å². The Morgan fingerprint density at radius 1 is 1.50 bits per heavy atom. The highest BCUT2D eigenvalue weighted by Crippen LogP contribution is 2.28. The Kier molecular flexibility index (Phi) is 3.76. The van der Waals surface area contributed by atoms with Gasteiger partial charge in [0.1, 0.15) is 5.69 Å².